The molecule has 7 heteroatoms. The maximum atomic E-state index is 12.0. The van der Waals surface area contributed by atoms with Gasteiger partial charge in [0.2, 0.25) is 0 Å². The van der Waals surface area contributed by atoms with Crippen LogP contribution in [-0.2, 0) is 11.8 Å². The summed E-state index contributed by atoms with van der Waals surface area (Å²) >= 11 is 5.68. The Bertz CT molecular complexity index is 643. The fourth-order valence-electron chi connectivity index (χ4n) is 1.59. The molecule has 0 radical (unpaired) electrons. The second-order valence-corrected chi connectivity index (χ2v) is 3.97. The number of methoxy groups -OCH3 is 1. The van der Waals surface area contributed by atoms with Gasteiger partial charge in [0, 0.05) is 18.8 Å². The van der Waals surface area contributed by atoms with Crippen molar-refractivity contribution in [3.05, 3.63) is 39.5 Å². The van der Waals surface area contributed by atoms with Crippen LogP contribution in [0, 0.1) is 0 Å². The number of hydrogen-bond acceptors (Lipinski definition) is 4. The molecule has 0 fully saturated rings. The molecule has 18 heavy (non-hydrogen) atoms. The van der Waals surface area contributed by atoms with Crippen LogP contribution in [0.15, 0.2) is 23.1 Å². The van der Waals surface area contributed by atoms with E-state index in [1.54, 1.807) is 12.1 Å². The Kier molecular flexibility index (Phi) is 3.20. The van der Waals surface area contributed by atoms with E-state index in [0.717, 1.165) is 0 Å². The Labute approximate surface area is 107 Å². The standard InChI is InChI=1S/C11H10ClN3O3/c1-15-10(16)8(9(14-15)11(17)18-2)6-3-4-7(12)13-5-6/h3-5,14H,1-2H3. The van der Waals surface area contributed by atoms with Gasteiger partial charge in [0.05, 0.1) is 12.7 Å². The Balaban J connectivity index is 2.66. The Morgan fingerprint density at radius 3 is 2.78 bits per heavy atom. The van der Waals surface area contributed by atoms with Gasteiger partial charge in [0.15, 0.2) is 5.69 Å². The van der Waals surface area contributed by atoms with Crippen molar-refractivity contribution in [3.8, 4) is 11.1 Å². The van der Waals surface area contributed by atoms with Crippen molar-refractivity contribution in [2.45, 2.75) is 0 Å². The van der Waals surface area contributed by atoms with Crippen LogP contribution in [0.5, 0.6) is 0 Å². The lowest BCUT2D eigenvalue weighted by molar-refractivity contribution is 0.0594. The fraction of sp³-hybridized carbons (Fsp3) is 0.182. The normalized spacial score (nSPS) is 10.4. The summed E-state index contributed by atoms with van der Waals surface area (Å²) < 4.78 is 5.83. The van der Waals surface area contributed by atoms with E-state index >= 15 is 0 Å². The predicted octanol–water partition coefficient (Wildman–Crippen LogP) is 1.22. The van der Waals surface area contributed by atoms with Gasteiger partial charge in [-0.25, -0.2) is 9.78 Å². The molecule has 0 saturated heterocycles. The zero-order chi connectivity index (χ0) is 13.3. The van der Waals surface area contributed by atoms with E-state index in [4.69, 9.17) is 11.6 Å². The number of hydrogen-bond donors (Lipinski definition) is 1. The van der Waals surface area contributed by atoms with Crippen molar-refractivity contribution in [1.82, 2.24) is 14.8 Å². The third kappa shape index (κ3) is 2.02. The van der Waals surface area contributed by atoms with Crippen molar-refractivity contribution < 1.29 is 9.53 Å². The minimum Gasteiger partial charge on any atom is -0.464 e. The maximum Gasteiger partial charge on any atom is 0.356 e. The monoisotopic (exact) mass is 267 g/mol. The quantitative estimate of drug-likeness (QED) is 0.655. The fourth-order valence-corrected chi connectivity index (χ4v) is 1.70. The number of aromatic nitrogens is 3. The van der Waals surface area contributed by atoms with E-state index in [2.05, 4.69) is 14.8 Å². The highest BCUT2D eigenvalue weighted by Crippen LogP contribution is 2.20. The van der Waals surface area contributed by atoms with Crippen molar-refractivity contribution in [2.24, 2.45) is 7.05 Å². The molecule has 0 amide bonds. The minimum atomic E-state index is -0.613. The molecule has 0 atom stereocenters. The molecule has 0 aliphatic heterocycles. The van der Waals surface area contributed by atoms with Gasteiger partial charge in [0.1, 0.15) is 5.15 Å². The molecule has 2 aromatic rings. The number of aryl methyl sites for hydroxylation is 1. The molecule has 0 aliphatic rings. The molecule has 0 spiro atoms. The topological polar surface area (TPSA) is 77.0 Å². The summed E-state index contributed by atoms with van der Waals surface area (Å²) in [7, 11) is 2.76. The molecule has 1 N–H and O–H groups in total. The van der Waals surface area contributed by atoms with Crippen LogP contribution in [0.3, 0.4) is 0 Å². The van der Waals surface area contributed by atoms with E-state index in [-0.39, 0.29) is 16.8 Å². The van der Waals surface area contributed by atoms with E-state index in [1.165, 1.54) is 25.0 Å². The van der Waals surface area contributed by atoms with E-state index < -0.39 is 5.97 Å². The molecule has 2 rings (SSSR count). The summed E-state index contributed by atoms with van der Waals surface area (Å²) in [6.45, 7) is 0. The van der Waals surface area contributed by atoms with Crippen LogP contribution < -0.4 is 5.56 Å². The van der Waals surface area contributed by atoms with Crippen LogP contribution >= 0.6 is 11.6 Å². The first-order valence-corrected chi connectivity index (χ1v) is 5.41. The SMILES string of the molecule is COC(=O)c1[nH]n(C)c(=O)c1-c1ccc(Cl)nc1. The van der Waals surface area contributed by atoms with Gasteiger partial charge >= 0.3 is 5.97 Å². The van der Waals surface area contributed by atoms with Crippen LogP contribution in [0.2, 0.25) is 5.15 Å². The van der Waals surface area contributed by atoms with Gasteiger partial charge < -0.3 is 4.74 Å². The third-order valence-electron chi connectivity index (χ3n) is 2.45. The Morgan fingerprint density at radius 2 is 2.22 bits per heavy atom. The first-order chi connectivity index (χ1) is 8.54. The van der Waals surface area contributed by atoms with Crippen LogP contribution in [0.4, 0.5) is 0 Å². The molecular formula is C11H10ClN3O3. The number of ether oxygens (including phenoxy) is 1. The summed E-state index contributed by atoms with van der Waals surface area (Å²) in [4.78, 5) is 27.4. The van der Waals surface area contributed by atoms with Crippen molar-refractivity contribution in [3.63, 3.8) is 0 Å². The van der Waals surface area contributed by atoms with Crippen molar-refractivity contribution in [2.75, 3.05) is 7.11 Å². The average Bonchev–Trinajstić information content (AvgIpc) is 2.66. The summed E-state index contributed by atoms with van der Waals surface area (Å²) in [5.41, 5.74) is 0.476. The van der Waals surface area contributed by atoms with E-state index in [1.807, 2.05) is 0 Å². The smallest absolute Gasteiger partial charge is 0.356 e. The van der Waals surface area contributed by atoms with Crippen LogP contribution in [0.1, 0.15) is 10.5 Å². The van der Waals surface area contributed by atoms with Gasteiger partial charge in [-0.3, -0.25) is 14.6 Å². The van der Waals surface area contributed by atoms with Crippen molar-refractivity contribution >= 4 is 17.6 Å². The van der Waals surface area contributed by atoms with Gasteiger partial charge in [0.25, 0.3) is 5.56 Å². The van der Waals surface area contributed by atoms with Gasteiger partial charge in [-0.15, -0.1) is 0 Å². The molecule has 2 heterocycles. The molecule has 0 aromatic carbocycles. The number of carbonyl (C=O) groups excluding carboxylic acids is 1. The molecule has 94 valence electrons. The number of nitrogens with zero attached hydrogens (tertiary/aromatic N) is 2. The van der Waals surface area contributed by atoms with Crippen LogP contribution in [-0.4, -0.2) is 27.8 Å². The second kappa shape index (κ2) is 4.66. The highest BCUT2D eigenvalue weighted by Gasteiger charge is 2.21. The number of rotatable bonds is 2. The average molecular weight is 268 g/mol. The lowest BCUT2D eigenvalue weighted by Crippen LogP contribution is -2.13. The number of halogens is 1. The molecule has 0 saturated carbocycles. The van der Waals surface area contributed by atoms with Crippen LogP contribution in [0.25, 0.3) is 11.1 Å². The summed E-state index contributed by atoms with van der Waals surface area (Å²) in [6.07, 6.45) is 1.43. The van der Waals surface area contributed by atoms with E-state index in [0.29, 0.717) is 10.7 Å². The zero-order valence-electron chi connectivity index (χ0n) is 9.73. The first kappa shape index (κ1) is 12.4. The number of carbonyl (C=O) groups is 1. The summed E-state index contributed by atoms with van der Waals surface area (Å²) in [6, 6.07) is 3.16. The largest absolute Gasteiger partial charge is 0.464 e. The molecule has 0 bridgehead atoms. The molecule has 6 nitrogen and oxygen atoms in total. The molecule has 0 aliphatic carbocycles. The number of aromatic amines is 1. The number of H-pyrrole nitrogens is 1. The second-order valence-electron chi connectivity index (χ2n) is 3.59. The molecular weight excluding hydrogens is 258 g/mol. The van der Waals surface area contributed by atoms with Gasteiger partial charge in [-0.2, -0.15) is 0 Å². The third-order valence-corrected chi connectivity index (χ3v) is 2.68. The zero-order valence-corrected chi connectivity index (χ0v) is 10.5. The number of nitrogens with one attached hydrogen (secondary N) is 1. The summed E-state index contributed by atoms with van der Waals surface area (Å²) in [5.74, 6) is -0.613. The lowest BCUT2D eigenvalue weighted by Gasteiger charge is -2.00. The Morgan fingerprint density at radius 1 is 1.50 bits per heavy atom. The molecule has 0 unspecified atom stereocenters. The number of esters is 1. The lowest BCUT2D eigenvalue weighted by atomic mass is 10.1. The van der Waals surface area contributed by atoms with E-state index in [9.17, 15) is 9.59 Å². The first-order valence-electron chi connectivity index (χ1n) is 5.04. The van der Waals surface area contributed by atoms with Gasteiger partial charge in [-0.05, 0) is 12.1 Å². The summed E-state index contributed by atoms with van der Waals surface area (Å²) in [5, 5.41) is 2.96. The highest BCUT2D eigenvalue weighted by atomic mass is 35.5. The van der Waals surface area contributed by atoms with Crippen molar-refractivity contribution in [1.29, 1.82) is 0 Å². The number of pyridine rings is 1. The predicted molar refractivity (Wildman–Crippen MR) is 65.6 cm³/mol. The Hall–Kier alpha value is -2.08. The minimum absolute atomic E-state index is 0.0918. The highest BCUT2D eigenvalue weighted by molar-refractivity contribution is 6.29. The molecule has 2 aromatic heterocycles. The maximum absolute atomic E-state index is 12.0. The van der Waals surface area contributed by atoms with Gasteiger partial charge in [-0.1, -0.05) is 11.6 Å².